The Bertz CT molecular complexity index is 1200. The summed E-state index contributed by atoms with van der Waals surface area (Å²) in [5, 5.41) is 8.46. The second kappa shape index (κ2) is 9.68. The lowest BCUT2D eigenvalue weighted by Crippen LogP contribution is -2.47. The SMILES string of the molecule is O=C1CCC(Nc2ccc(N3CCC(NC(=O)c4ccc(N5CC6CC6C5)cc4)CC3)c(F)c2)C(=O)N1. The Morgan fingerprint density at radius 2 is 1.68 bits per heavy atom. The zero-order valence-corrected chi connectivity index (χ0v) is 20.7. The topological polar surface area (TPSA) is 93.8 Å². The van der Waals surface area contributed by atoms with Crippen LogP contribution in [0.3, 0.4) is 0 Å². The van der Waals surface area contributed by atoms with Crippen molar-refractivity contribution in [1.82, 2.24) is 10.6 Å². The second-order valence-electron chi connectivity index (χ2n) is 10.8. The highest BCUT2D eigenvalue weighted by Crippen LogP contribution is 2.46. The van der Waals surface area contributed by atoms with Gasteiger partial charge in [0.15, 0.2) is 0 Å². The number of nitrogens with zero attached hydrogens (tertiary/aromatic N) is 2. The first-order valence-electron chi connectivity index (χ1n) is 13.2. The van der Waals surface area contributed by atoms with Crippen LogP contribution < -0.4 is 25.8 Å². The first kappa shape index (κ1) is 23.8. The molecule has 8 nitrogen and oxygen atoms in total. The lowest BCUT2D eigenvalue weighted by molar-refractivity contribution is -0.133. The number of nitrogens with one attached hydrogen (secondary N) is 3. The van der Waals surface area contributed by atoms with Crippen molar-refractivity contribution in [3.8, 4) is 0 Å². The molecule has 1 saturated carbocycles. The average Bonchev–Trinajstić information content (AvgIpc) is 3.51. The Morgan fingerprint density at radius 1 is 0.946 bits per heavy atom. The van der Waals surface area contributed by atoms with Crippen LogP contribution in [0.5, 0.6) is 0 Å². The summed E-state index contributed by atoms with van der Waals surface area (Å²) in [5.41, 5.74) is 2.87. The van der Waals surface area contributed by atoms with Gasteiger partial charge in [0.25, 0.3) is 5.91 Å². The van der Waals surface area contributed by atoms with Crippen molar-refractivity contribution in [2.24, 2.45) is 11.8 Å². The summed E-state index contributed by atoms with van der Waals surface area (Å²) in [5.74, 6) is 0.642. The van der Waals surface area contributed by atoms with Crippen molar-refractivity contribution in [2.45, 2.75) is 44.2 Å². The maximum Gasteiger partial charge on any atom is 0.251 e. The molecule has 194 valence electrons. The third-order valence-electron chi connectivity index (χ3n) is 8.17. The van der Waals surface area contributed by atoms with E-state index in [1.165, 1.54) is 18.2 Å². The number of benzene rings is 2. The highest BCUT2D eigenvalue weighted by Gasteiger charge is 2.45. The van der Waals surface area contributed by atoms with Gasteiger partial charge in [-0.2, -0.15) is 0 Å². The molecule has 0 aromatic heterocycles. The molecular formula is C28H32FN5O3. The summed E-state index contributed by atoms with van der Waals surface area (Å²) in [6.45, 7) is 3.54. The molecule has 6 rings (SSSR count). The fourth-order valence-electron chi connectivity index (χ4n) is 5.85. The molecule has 3 heterocycles. The van der Waals surface area contributed by atoms with Crippen molar-refractivity contribution < 1.29 is 18.8 Å². The van der Waals surface area contributed by atoms with E-state index in [4.69, 9.17) is 0 Å². The summed E-state index contributed by atoms with van der Waals surface area (Å²) in [6.07, 6.45) is 3.48. The molecule has 3 aliphatic heterocycles. The van der Waals surface area contributed by atoms with Gasteiger partial charge < -0.3 is 20.4 Å². The van der Waals surface area contributed by atoms with Crippen molar-refractivity contribution in [2.75, 3.05) is 41.3 Å². The normalized spacial score (nSPS) is 25.5. The molecular weight excluding hydrogens is 473 g/mol. The molecule has 3 unspecified atom stereocenters. The molecule has 3 N–H and O–H groups in total. The van der Waals surface area contributed by atoms with Crippen LogP contribution in [0.4, 0.5) is 21.5 Å². The molecule has 4 fully saturated rings. The Morgan fingerprint density at radius 3 is 2.35 bits per heavy atom. The number of imide groups is 1. The standard InChI is InChI=1S/C28H32FN5O3/c29-23-14-21(30-24-6-8-26(35)32-28(24)37)3-7-25(23)33-11-9-20(10-12-33)31-27(36)17-1-4-22(5-2-17)34-15-18-13-19(18)16-34/h1-5,7,14,18-20,24,30H,6,8-13,15-16H2,(H,31,36)(H,32,35,37). The lowest BCUT2D eigenvalue weighted by atomic mass is 10.0. The monoisotopic (exact) mass is 505 g/mol. The molecule has 3 saturated heterocycles. The minimum Gasteiger partial charge on any atom is -0.374 e. The second-order valence-corrected chi connectivity index (χ2v) is 10.8. The summed E-state index contributed by atoms with van der Waals surface area (Å²) < 4.78 is 14.9. The van der Waals surface area contributed by atoms with Crippen molar-refractivity contribution >= 4 is 34.8 Å². The molecule has 4 aliphatic rings. The molecule has 2 aromatic rings. The van der Waals surface area contributed by atoms with Crippen LogP contribution in [-0.4, -0.2) is 56.0 Å². The van der Waals surface area contributed by atoms with E-state index in [2.05, 4.69) is 20.9 Å². The number of halogens is 1. The fraction of sp³-hybridized carbons (Fsp3) is 0.464. The van der Waals surface area contributed by atoms with Crippen LogP contribution in [0.2, 0.25) is 0 Å². The number of fused-ring (bicyclic) bond motifs is 1. The van der Waals surface area contributed by atoms with E-state index in [1.807, 2.05) is 29.2 Å². The number of anilines is 3. The third kappa shape index (κ3) is 5.12. The third-order valence-corrected chi connectivity index (χ3v) is 8.17. The van der Waals surface area contributed by atoms with Crippen molar-refractivity contribution in [3.05, 3.63) is 53.8 Å². The number of rotatable bonds is 6. The van der Waals surface area contributed by atoms with E-state index in [0.717, 1.165) is 37.8 Å². The van der Waals surface area contributed by atoms with E-state index in [1.54, 1.807) is 12.1 Å². The molecule has 9 heteroatoms. The highest BCUT2D eigenvalue weighted by molar-refractivity contribution is 6.01. The number of carbonyl (C=O) groups is 3. The van der Waals surface area contributed by atoms with E-state index in [0.29, 0.717) is 36.4 Å². The fourth-order valence-corrected chi connectivity index (χ4v) is 5.85. The number of piperidine rings is 3. The summed E-state index contributed by atoms with van der Waals surface area (Å²) in [6, 6.07) is 12.3. The lowest BCUT2D eigenvalue weighted by Gasteiger charge is -2.34. The van der Waals surface area contributed by atoms with Gasteiger partial charge in [0.1, 0.15) is 11.9 Å². The molecule has 1 aliphatic carbocycles. The first-order chi connectivity index (χ1) is 17.9. The summed E-state index contributed by atoms with van der Waals surface area (Å²) in [4.78, 5) is 40.5. The van der Waals surface area contributed by atoms with Gasteiger partial charge >= 0.3 is 0 Å². The molecule has 3 atom stereocenters. The van der Waals surface area contributed by atoms with Gasteiger partial charge in [-0.15, -0.1) is 0 Å². The maximum atomic E-state index is 14.9. The predicted molar refractivity (Wildman–Crippen MR) is 139 cm³/mol. The largest absolute Gasteiger partial charge is 0.374 e. The van der Waals surface area contributed by atoms with Crippen molar-refractivity contribution in [3.63, 3.8) is 0 Å². The van der Waals surface area contributed by atoms with Crippen molar-refractivity contribution in [1.29, 1.82) is 0 Å². The van der Waals surface area contributed by atoms with Gasteiger partial charge in [0.05, 0.1) is 5.69 Å². The Kier molecular flexibility index (Phi) is 6.22. The van der Waals surface area contributed by atoms with Gasteiger partial charge in [-0.3, -0.25) is 19.7 Å². The smallest absolute Gasteiger partial charge is 0.251 e. The van der Waals surface area contributed by atoms with Gasteiger partial charge in [-0.1, -0.05) is 0 Å². The minimum absolute atomic E-state index is 0.0469. The number of carbonyl (C=O) groups excluding carboxylic acids is 3. The van der Waals surface area contributed by atoms with E-state index in [-0.39, 0.29) is 36.0 Å². The quantitative estimate of drug-likeness (QED) is 0.523. The minimum atomic E-state index is -0.552. The summed E-state index contributed by atoms with van der Waals surface area (Å²) >= 11 is 0. The first-order valence-corrected chi connectivity index (χ1v) is 13.2. The zero-order chi connectivity index (χ0) is 25.5. The Balaban J connectivity index is 0.994. The average molecular weight is 506 g/mol. The summed E-state index contributed by atoms with van der Waals surface area (Å²) in [7, 11) is 0. The molecule has 0 radical (unpaired) electrons. The zero-order valence-electron chi connectivity index (χ0n) is 20.7. The molecule has 3 amide bonds. The predicted octanol–water partition coefficient (Wildman–Crippen LogP) is 2.90. The Hall–Kier alpha value is -3.62. The maximum absolute atomic E-state index is 14.9. The van der Waals surface area contributed by atoms with Gasteiger partial charge in [-0.25, -0.2) is 4.39 Å². The Labute approximate surface area is 215 Å². The van der Waals surface area contributed by atoms with Crippen LogP contribution in [0.15, 0.2) is 42.5 Å². The number of amides is 3. The van der Waals surface area contributed by atoms with E-state index >= 15 is 0 Å². The highest BCUT2D eigenvalue weighted by atomic mass is 19.1. The van der Waals surface area contributed by atoms with Crippen LogP contribution in [-0.2, 0) is 9.59 Å². The number of hydrogen-bond donors (Lipinski definition) is 3. The van der Waals surface area contributed by atoms with Crippen LogP contribution in [0.1, 0.15) is 42.5 Å². The van der Waals surface area contributed by atoms with Crippen LogP contribution in [0, 0.1) is 17.7 Å². The molecule has 37 heavy (non-hydrogen) atoms. The number of hydrogen-bond acceptors (Lipinski definition) is 6. The van der Waals surface area contributed by atoms with Gasteiger partial charge in [0.2, 0.25) is 11.8 Å². The van der Waals surface area contributed by atoms with E-state index < -0.39 is 6.04 Å². The van der Waals surface area contributed by atoms with Crippen LogP contribution >= 0.6 is 0 Å². The molecule has 2 aromatic carbocycles. The molecule has 0 spiro atoms. The van der Waals surface area contributed by atoms with Crippen LogP contribution in [0.25, 0.3) is 0 Å². The molecule has 0 bridgehead atoms. The van der Waals surface area contributed by atoms with E-state index in [9.17, 15) is 18.8 Å². The van der Waals surface area contributed by atoms with Gasteiger partial charge in [0, 0.05) is 55.6 Å². The van der Waals surface area contributed by atoms with Gasteiger partial charge in [-0.05, 0) is 80.0 Å².